The molecule has 1 N–H and O–H groups in total. The number of carbonyl (C=O) groups excluding carboxylic acids is 4. The van der Waals surface area contributed by atoms with Crippen molar-refractivity contribution in [3.63, 3.8) is 0 Å². The summed E-state index contributed by atoms with van der Waals surface area (Å²) in [7, 11) is 0. The van der Waals surface area contributed by atoms with Crippen LogP contribution in [0.4, 0.5) is 0 Å². The van der Waals surface area contributed by atoms with Gasteiger partial charge < -0.3 is 19.3 Å². The van der Waals surface area contributed by atoms with E-state index in [9.17, 15) is 24.3 Å². The topological polar surface area (TPSA) is 116 Å². The Hall–Kier alpha value is -3.52. The zero-order valence-electron chi connectivity index (χ0n) is 28.0. The number of ether oxygens (including phenoxy) is 3. The van der Waals surface area contributed by atoms with Crippen LogP contribution in [0.2, 0.25) is 0 Å². The monoisotopic (exact) mass is 638 g/mol. The van der Waals surface area contributed by atoms with Gasteiger partial charge in [0.25, 0.3) is 0 Å². The number of fused-ring (bicyclic) bond motifs is 1. The van der Waals surface area contributed by atoms with E-state index >= 15 is 0 Å². The van der Waals surface area contributed by atoms with Gasteiger partial charge in [-0.15, -0.1) is 0 Å². The summed E-state index contributed by atoms with van der Waals surface area (Å²) in [5.74, 6) is -3.10. The van der Waals surface area contributed by atoms with E-state index in [1.165, 1.54) is 0 Å². The summed E-state index contributed by atoms with van der Waals surface area (Å²) >= 11 is 0. The van der Waals surface area contributed by atoms with Gasteiger partial charge in [-0.05, 0) is 69.4 Å². The third kappa shape index (κ3) is 13.1. The molecule has 1 saturated heterocycles. The smallest absolute Gasteiger partial charge is 0.334 e. The Kier molecular flexibility index (Phi) is 18.6. The quantitative estimate of drug-likeness (QED) is 0.0389. The maximum atomic E-state index is 13.1. The molecule has 0 aromatic carbocycles. The van der Waals surface area contributed by atoms with Crippen LogP contribution in [-0.4, -0.2) is 54.2 Å². The maximum Gasteiger partial charge on any atom is 0.334 e. The molecule has 46 heavy (non-hydrogen) atoms. The van der Waals surface area contributed by atoms with Gasteiger partial charge >= 0.3 is 17.9 Å². The summed E-state index contributed by atoms with van der Waals surface area (Å²) in [6, 6.07) is 0. The van der Waals surface area contributed by atoms with Gasteiger partial charge in [0.05, 0.1) is 18.4 Å². The molecule has 0 saturated carbocycles. The molecule has 1 heterocycles. The van der Waals surface area contributed by atoms with Crippen molar-refractivity contribution in [1.82, 2.24) is 0 Å². The van der Waals surface area contributed by atoms with Crippen LogP contribution in [0.3, 0.4) is 0 Å². The summed E-state index contributed by atoms with van der Waals surface area (Å²) in [4.78, 5) is 51.2. The minimum atomic E-state index is -1.24. The zero-order valence-corrected chi connectivity index (χ0v) is 28.0. The summed E-state index contributed by atoms with van der Waals surface area (Å²) < 4.78 is 17.4. The highest BCUT2D eigenvalue weighted by molar-refractivity contribution is 5.91. The third-order valence-corrected chi connectivity index (χ3v) is 8.38. The van der Waals surface area contributed by atoms with Crippen molar-refractivity contribution in [2.75, 3.05) is 6.61 Å². The van der Waals surface area contributed by atoms with E-state index in [4.69, 9.17) is 14.2 Å². The SMILES string of the molecule is C=C1C(=O)O[C@H]2/C=C(\CO)CC/C=C(\C=O)[C@H](OC(=O)CCCCCCC/C=C/C/C=C/C/C=C/CC)[C@H](OC(=O)[C@@H](C)CC)[C@@H]12. The van der Waals surface area contributed by atoms with Crippen molar-refractivity contribution in [2.24, 2.45) is 11.8 Å². The molecule has 1 aliphatic heterocycles. The number of hydrogen-bond acceptors (Lipinski definition) is 8. The van der Waals surface area contributed by atoms with Crippen molar-refractivity contribution < 1.29 is 38.5 Å². The summed E-state index contributed by atoms with van der Waals surface area (Å²) in [6.07, 6.45) is 23.7. The van der Waals surface area contributed by atoms with Crippen LogP contribution in [0.15, 0.2) is 71.9 Å². The molecular formula is C38H54O8. The minimum absolute atomic E-state index is 0.0542. The summed E-state index contributed by atoms with van der Waals surface area (Å²) in [5, 5.41) is 9.88. The molecule has 8 heteroatoms. The van der Waals surface area contributed by atoms with Gasteiger partial charge in [-0.1, -0.05) is 89.1 Å². The van der Waals surface area contributed by atoms with Crippen LogP contribution in [0.25, 0.3) is 0 Å². The van der Waals surface area contributed by atoms with E-state index in [-0.39, 0.29) is 24.2 Å². The lowest BCUT2D eigenvalue weighted by molar-refractivity contribution is -0.172. The Labute approximate surface area is 275 Å². The van der Waals surface area contributed by atoms with Gasteiger partial charge in [-0.3, -0.25) is 14.4 Å². The highest BCUT2D eigenvalue weighted by Crippen LogP contribution is 2.38. The average Bonchev–Trinajstić information content (AvgIpc) is 3.33. The first-order chi connectivity index (χ1) is 22.3. The number of hydrogen-bond donors (Lipinski definition) is 1. The molecule has 0 unspecified atom stereocenters. The van der Waals surface area contributed by atoms with Gasteiger partial charge in [0.15, 0.2) is 12.2 Å². The first-order valence-electron chi connectivity index (χ1n) is 17.0. The largest absolute Gasteiger partial charge is 0.457 e. The normalized spacial score (nSPS) is 25.0. The number of carbonyl (C=O) groups is 4. The molecule has 0 aromatic heterocycles. The van der Waals surface area contributed by atoms with Crippen molar-refractivity contribution >= 4 is 24.2 Å². The lowest BCUT2D eigenvalue weighted by Crippen LogP contribution is -2.46. The van der Waals surface area contributed by atoms with Crippen LogP contribution in [-0.2, 0) is 33.4 Å². The number of unbranched alkanes of at least 4 members (excludes halogenated alkanes) is 5. The number of allylic oxidation sites excluding steroid dienone is 7. The first kappa shape index (κ1) is 38.7. The molecular weight excluding hydrogens is 584 g/mol. The molecule has 0 spiro atoms. The zero-order chi connectivity index (χ0) is 33.7. The number of esters is 3. The Morgan fingerprint density at radius 1 is 1.02 bits per heavy atom. The molecule has 0 radical (unpaired) electrons. The number of aldehydes is 1. The molecule has 0 bridgehead atoms. The van der Waals surface area contributed by atoms with Crippen LogP contribution >= 0.6 is 0 Å². The molecule has 2 rings (SSSR count). The van der Waals surface area contributed by atoms with Crippen LogP contribution in [0.5, 0.6) is 0 Å². The summed E-state index contributed by atoms with van der Waals surface area (Å²) in [6.45, 7) is 9.32. The minimum Gasteiger partial charge on any atom is -0.457 e. The number of rotatable bonds is 19. The molecule has 5 atom stereocenters. The predicted molar refractivity (Wildman–Crippen MR) is 180 cm³/mol. The van der Waals surface area contributed by atoms with Gasteiger partial charge in [0, 0.05) is 17.6 Å². The van der Waals surface area contributed by atoms with Gasteiger partial charge in [0.1, 0.15) is 12.4 Å². The Morgan fingerprint density at radius 2 is 1.70 bits per heavy atom. The van der Waals surface area contributed by atoms with Crippen molar-refractivity contribution in [2.45, 2.75) is 123 Å². The van der Waals surface area contributed by atoms with Crippen LogP contribution in [0, 0.1) is 11.8 Å². The van der Waals surface area contributed by atoms with Crippen molar-refractivity contribution in [1.29, 1.82) is 0 Å². The highest BCUT2D eigenvalue weighted by atomic mass is 16.6. The van der Waals surface area contributed by atoms with Gasteiger partial charge in [-0.2, -0.15) is 0 Å². The van der Waals surface area contributed by atoms with Gasteiger partial charge in [0.2, 0.25) is 0 Å². The molecule has 8 nitrogen and oxygen atoms in total. The molecule has 0 amide bonds. The van der Waals surface area contributed by atoms with E-state index in [1.807, 2.05) is 6.92 Å². The van der Waals surface area contributed by atoms with E-state index in [1.54, 1.807) is 19.1 Å². The Bertz CT molecular complexity index is 1160. The predicted octanol–water partition coefficient (Wildman–Crippen LogP) is 7.38. The summed E-state index contributed by atoms with van der Waals surface area (Å²) in [5.41, 5.74) is 0.802. The van der Waals surface area contributed by atoms with E-state index < -0.39 is 48.1 Å². The fourth-order valence-electron chi connectivity index (χ4n) is 5.39. The molecule has 2 aliphatic rings. The van der Waals surface area contributed by atoms with E-state index in [0.717, 1.165) is 51.4 Å². The fourth-order valence-corrected chi connectivity index (χ4v) is 5.39. The lowest BCUT2D eigenvalue weighted by atomic mass is 9.83. The Balaban J connectivity index is 2.02. The molecule has 1 fully saturated rings. The van der Waals surface area contributed by atoms with Crippen LogP contribution in [0.1, 0.15) is 104 Å². The van der Waals surface area contributed by atoms with Crippen molar-refractivity contribution in [3.8, 4) is 0 Å². The average molecular weight is 639 g/mol. The fraction of sp³-hybridized carbons (Fsp3) is 0.579. The highest BCUT2D eigenvalue weighted by Gasteiger charge is 2.49. The first-order valence-corrected chi connectivity index (χ1v) is 17.0. The molecule has 0 aromatic rings. The second-order valence-corrected chi connectivity index (χ2v) is 12.0. The maximum absolute atomic E-state index is 13.1. The van der Waals surface area contributed by atoms with Crippen LogP contribution < -0.4 is 0 Å². The van der Waals surface area contributed by atoms with E-state index in [2.05, 4.69) is 50.0 Å². The Morgan fingerprint density at radius 3 is 2.37 bits per heavy atom. The standard InChI is InChI=1S/C38H54O8/c1-5-7-8-9-10-11-12-13-14-15-16-17-18-19-20-24-33(41)45-35-31(27-40)23-21-22-30(26-39)25-32-34(29(4)38(43)44-32)36(35)46-37(42)28(3)6-2/h7-8,10-11,13-14,23,25,27-28,32,34-36,39H,4-6,9,12,15-22,24,26H2,1-3H3/b8-7+,11-10+,14-13+,30-25-,31-23+/t28-,32-,34-,35-,36+/m0/s1. The second kappa shape index (κ2) is 22.1. The van der Waals surface area contributed by atoms with E-state index in [0.29, 0.717) is 37.5 Å². The number of aliphatic hydroxyl groups excluding tert-OH is 1. The second-order valence-electron chi connectivity index (χ2n) is 12.0. The molecule has 1 aliphatic carbocycles. The van der Waals surface area contributed by atoms with Crippen molar-refractivity contribution in [3.05, 3.63) is 71.9 Å². The number of aliphatic hydroxyl groups is 1. The molecule has 254 valence electrons. The lowest BCUT2D eigenvalue weighted by Gasteiger charge is -2.33. The van der Waals surface area contributed by atoms with Gasteiger partial charge in [-0.25, -0.2) is 4.79 Å². The third-order valence-electron chi connectivity index (χ3n) is 8.38.